The Morgan fingerprint density at radius 2 is 2.00 bits per heavy atom. The molecule has 0 bridgehead atoms. The Morgan fingerprint density at radius 3 is 2.61 bits per heavy atom. The summed E-state index contributed by atoms with van der Waals surface area (Å²) >= 11 is 0. The normalized spacial score (nSPS) is 42.0. The Balaban J connectivity index is 1.82. The number of cyclic esters (lactones) is 1. The minimum absolute atomic E-state index is 0.147. The van der Waals surface area contributed by atoms with Gasteiger partial charge in [0.15, 0.2) is 0 Å². The Bertz CT molecular complexity index is 863. The minimum Gasteiger partial charge on any atom is -0.472 e. The van der Waals surface area contributed by atoms with Crippen LogP contribution in [0.4, 0.5) is 0 Å². The summed E-state index contributed by atoms with van der Waals surface area (Å²) in [6.45, 7) is 5.30. The maximum absolute atomic E-state index is 13.1. The van der Waals surface area contributed by atoms with E-state index < -0.39 is 52.9 Å². The SMILES string of the molecule is COC(=O)[C@@H]1C[C@H](O)C(OC(C)=O)C2[C@@]3(C)C[C@@H](c4ccoc4)OC(=O)[C@H]3CC[C@]21C. The molecule has 3 fully saturated rings. The molecule has 4 rings (SSSR count). The van der Waals surface area contributed by atoms with E-state index >= 15 is 0 Å². The summed E-state index contributed by atoms with van der Waals surface area (Å²) in [5.74, 6) is -2.61. The molecule has 8 heteroatoms. The fourth-order valence-corrected chi connectivity index (χ4v) is 6.73. The topological polar surface area (TPSA) is 112 Å². The zero-order chi connectivity index (χ0) is 22.6. The first-order valence-corrected chi connectivity index (χ1v) is 10.8. The Morgan fingerprint density at radius 1 is 1.26 bits per heavy atom. The molecule has 2 unspecified atom stereocenters. The molecule has 3 aliphatic rings. The van der Waals surface area contributed by atoms with Crippen LogP contribution in [-0.4, -0.2) is 42.3 Å². The maximum atomic E-state index is 13.1. The number of fused-ring (bicyclic) bond motifs is 3. The van der Waals surface area contributed by atoms with Gasteiger partial charge in [0.25, 0.3) is 0 Å². The second-order valence-electron chi connectivity index (χ2n) is 9.72. The van der Waals surface area contributed by atoms with Crippen molar-refractivity contribution in [3.8, 4) is 0 Å². The molecule has 170 valence electrons. The Kier molecular flexibility index (Phi) is 5.40. The average molecular weight is 434 g/mol. The fraction of sp³-hybridized carbons (Fsp3) is 0.696. The zero-order valence-electron chi connectivity index (χ0n) is 18.3. The highest BCUT2D eigenvalue weighted by molar-refractivity contribution is 5.76. The maximum Gasteiger partial charge on any atom is 0.310 e. The molecule has 2 heterocycles. The molecule has 1 aliphatic heterocycles. The van der Waals surface area contributed by atoms with Crippen molar-refractivity contribution in [1.29, 1.82) is 0 Å². The van der Waals surface area contributed by atoms with Crippen LogP contribution in [0.25, 0.3) is 0 Å². The molecule has 0 spiro atoms. The lowest BCUT2D eigenvalue weighted by Crippen LogP contribution is -2.66. The van der Waals surface area contributed by atoms with E-state index in [2.05, 4.69) is 0 Å². The second kappa shape index (κ2) is 7.65. The van der Waals surface area contributed by atoms with E-state index in [1.807, 2.05) is 13.8 Å². The molecule has 1 N–H and O–H groups in total. The molecule has 0 amide bonds. The lowest BCUT2D eigenvalue weighted by Gasteiger charge is -2.63. The number of hydrogen-bond acceptors (Lipinski definition) is 8. The van der Waals surface area contributed by atoms with Gasteiger partial charge in [0.1, 0.15) is 12.2 Å². The first kappa shape index (κ1) is 21.9. The number of methoxy groups -OCH3 is 1. The van der Waals surface area contributed by atoms with Crippen molar-refractivity contribution in [2.45, 2.75) is 64.8 Å². The van der Waals surface area contributed by atoms with Crippen molar-refractivity contribution in [3.05, 3.63) is 24.2 Å². The summed E-state index contributed by atoms with van der Waals surface area (Å²) in [7, 11) is 1.34. The first-order valence-electron chi connectivity index (χ1n) is 10.8. The summed E-state index contributed by atoms with van der Waals surface area (Å²) in [4.78, 5) is 37.8. The summed E-state index contributed by atoms with van der Waals surface area (Å²) in [6, 6.07) is 1.76. The van der Waals surface area contributed by atoms with E-state index in [1.165, 1.54) is 20.3 Å². The van der Waals surface area contributed by atoms with Gasteiger partial charge in [0.2, 0.25) is 0 Å². The minimum atomic E-state index is -1.04. The molecule has 8 atom stereocenters. The van der Waals surface area contributed by atoms with Crippen LogP contribution in [0.5, 0.6) is 0 Å². The molecule has 31 heavy (non-hydrogen) atoms. The predicted molar refractivity (Wildman–Crippen MR) is 106 cm³/mol. The largest absolute Gasteiger partial charge is 0.472 e. The monoisotopic (exact) mass is 434 g/mol. The first-order chi connectivity index (χ1) is 14.6. The Labute approximate surface area is 181 Å². The summed E-state index contributed by atoms with van der Waals surface area (Å²) < 4.78 is 21.7. The van der Waals surface area contributed by atoms with E-state index in [0.717, 1.165) is 5.56 Å². The number of aliphatic hydroxyl groups is 1. The molecule has 0 aromatic carbocycles. The highest BCUT2D eigenvalue weighted by Crippen LogP contribution is 2.66. The summed E-state index contributed by atoms with van der Waals surface area (Å²) in [5.41, 5.74) is -0.529. The van der Waals surface area contributed by atoms with Gasteiger partial charge in [-0.1, -0.05) is 13.8 Å². The van der Waals surface area contributed by atoms with E-state index in [0.29, 0.717) is 19.3 Å². The van der Waals surface area contributed by atoms with Crippen LogP contribution < -0.4 is 0 Å². The van der Waals surface area contributed by atoms with Gasteiger partial charge in [0.05, 0.1) is 37.6 Å². The van der Waals surface area contributed by atoms with Crippen molar-refractivity contribution in [2.75, 3.05) is 7.11 Å². The summed E-state index contributed by atoms with van der Waals surface area (Å²) in [6.07, 6.45) is 2.45. The zero-order valence-corrected chi connectivity index (χ0v) is 18.3. The second-order valence-corrected chi connectivity index (χ2v) is 9.72. The van der Waals surface area contributed by atoms with Crippen LogP contribution in [0.3, 0.4) is 0 Å². The smallest absolute Gasteiger partial charge is 0.310 e. The van der Waals surface area contributed by atoms with E-state index in [9.17, 15) is 19.5 Å². The predicted octanol–water partition coefficient (Wildman–Crippen LogP) is 2.79. The van der Waals surface area contributed by atoms with Crippen molar-refractivity contribution < 1.29 is 38.1 Å². The number of aliphatic hydroxyl groups excluding tert-OH is 1. The number of carbonyl (C=O) groups is 3. The van der Waals surface area contributed by atoms with Gasteiger partial charge in [-0.25, -0.2) is 0 Å². The molecule has 2 aliphatic carbocycles. The van der Waals surface area contributed by atoms with Crippen LogP contribution >= 0.6 is 0 Å². The highest BCUT2D eigenvalue weighted by Gasteiger charge is 2.68. The number of esters is 3. The van der Waals surface area contributed by atoms with Crippen molar-refractivity contribution in [3.63, 3.8) is 0 Å². The van der Waals surface area contributed by atoms with Crippen LogP contribution in [-0.2, 0) is 28.6 Å². The third-order valence-corrected chi connectivity index (χ3v) is 8.04. The molecule has 1 aromatic rings. The summed E-state index contributed by atoms with van der Waals surface area (Å²) in [5, 5.41) is 11.0. The van der Waals surface area contributed by atoms with Crippen LogP contribution in [0.15, 0.2) is 23.0 Å². The van der Waals surface area contributed by atoms with Gasteiger partial charge in [-0.3, -0.25) is 14.4 Å². The molecule has 8 nitrogen and oxygen atoms in total. The molecule has 2 saturated carbocycles. The standard InChI is InChI=1S/C23H30O8/c1-12(24)30-18-16(25)9-15(20(26)28-4)22(2)7-5-14-21(27)31-17(13-6-8-29-11-13)10-23(14,3)19(18)22/h6,8,11,14-19,25H,5,7,9-10H2,1-4H3/t14-,15+,16+,17+,18?,19?,22+,23+/m1/s1. The van der Waals surface area contributed by atoms with E-state index in [1.54, 1.807) is 12.3 Å². The van der Waals surface area contributed by atoms with Gasteiger partial charge < -0.3 is 23.7 Å². The van der Waals surface area contributed by atoms with Gasteiger partial charge >= 0.3 is 17.9 Å². The van der Waals surface area contributed by atoms with Crippen LogP contribution in [0.1, 0.15) is 58.1 Å². The number of rotatable bonds is 3. The lowest BCUT2D eigenvalue weighted by molar-refractivity contribution is -0.242. The molecule has 1 aromatic heterocycles. The quantitative estimate of drug-likeness (QED) is 0.571. The van der Waals surface area contributed by atoms with Gasteiger partial charge in [-0.15, -0.1) is 0 Å². The third-order valence-electron chi connectivity index (χ3n) is 8.04. The van der Waals surface area contributed by atoms with Crippen molar-refractivity contribution >= 4 is 17.9 Å². The molecular weight excluding hydrogens is 404 g/mol. The van der Waals surface area contributed by atoms with Crippen molar-refractivity contribution in [1.82, 2.24) is 0 Å². The van der Waals surface area contributed by atoms with Gasteiger partial charge in [-0.05, 0) is 42.6 Å². The van der Waals surface area contributed by atoms with Crippen molar-refractivity contribution in [2.24, 2.45) is 28.6 Å². The third kappa shape index (κ3) is 3.35. The average Bonchev–Trinajstić information content (AvgIpc) is 3.23. The Hall–Kier alpha value is -2.35. The van der Waals surface area contributed by atoms with Crippen LogP contribution in [0, 0.1) is 28.6 Å². The molecular formula is C23H30O8. The fourth-order valence-electron chi connectivity index (χ4n) is 6.73. The van der Waals surface area contributed by atoms with Gasteiger partial charge in [-0.2, -0.15) is 0 Å². The lowest BCUT2D eigenvalue weighted by atomic mass is 9.42. The molecule has 0 radical (unpaired) electrons. The van der Waals surface area contributed by atoms with Crippen LogP contribution in [0.2, 0.25) is 0 Å². The molecule has 1 saturated heterocycles. The number of furan rings is 1. The number of ether oxygens (including phenoxy) is 3. The number of carbonyl (C=O) groups excluding carboxylic acids is 3. The van der Waals surface area contributed by atoms with E-state index in [4.69, 9.17) is 18.6 Å². The number of hydrogen-bond donors (Lipinski definition) is 1. The van der Waals surface area contributed by atoms with Gasteiger partial charge in [0, 0.05) is 18.4 Å². The van der Waals surface area contributed by atoms with E-state index in [-0.39, 0.29) is 18.4 Å². The highest BCUT2D eigenvalue weighted by atomic mass is 16.6.